The fourth-order valence-electron chi connectivity index (χ4n) is 1.72. The van der Waals surface area contributed by atoms with Gasteiger partial charge in [0, 0.05) is 0 Å². The Morgan fingerprint density at radius 1 is 1.10 bits per heavy atom. The van der Waals surface area contributed by atoms with Crippen LogP contribution in [0, 0.1) is 0 Å². The van der Waals surface area contributed by atoms with E-state index in [0.717, 1.165) is 0 Å². The normalized spacial score (nSPS) is 12.1. The molecular weight excluding hydrogens is 319 g/mol. The Balaban J connectivity index is 2.28. The van der Waals surface area contributed by atoms with Gasteiger partial charge >= 0.3 is 5.97 Å². The van der Waals surface area contributed by atoms with Crippen molar-refractivity contribution >= 4 is 40.0 Å². The number of carboxylic acid groups (broad SMARTS) is 1. The molecule has 3 nitrogen and oxygen atoms in total. The van der Waals surface area contributed by atoms with E-state index in [2.05, 4.69) is 0 Å². The Kier molecular flexibility index (Phi) is 4.81. The lowest BCUT2D eigenvalue weighted by atomic mass is 10.1. The predicted octanol–water partition coefficient (Wildman–Crippen LogP) is 4.00. The smallest absolute Gasteiger partial charge is 0.335 e. The molecule has 0 aliphatic rings. The van der Waals surface area contributed by atoms with Gasteiger partial charge in [0.05, 0.1) is 37.1 Å². The van der Waals surface area contributed by atoms with E-state index >= 15 is 0 Å². The molecule has 0 radical (unpaired) electrons. The van der Waals surface area contributed by atoms with Crippen LogP contribution in [0.3, 0.4) is 0 Å². The van der Waals surface area contributed by atoms with E-state index in [9.17, 15) is 9.00 Å². The van der Waals surface area contributed by atoms with Gasteiger partial charge in [-0.05, 0) is 29.8 Å². The summed E-state index contributed by atoms with van der Waals surface area (Å²) < 4.78 is 12.3. The van der Waals surface area contributed by atoms with E-state index in [1.54, 1.807) is 30.3 Å². The Hall–Kier alpha value is -1.36. The second-order valence-electron chi connectivity index (χ2n) is 4.05. The zero-order valence-electron chi connectivity index (χ0n) is 10.2. The van der Waals surface area contributed by atoms with Gasteiger partial charge in [-0.15, -0.1) is 0 Å². The number of rotatable bonds is 4. The molecule has 2 aromatic carbocycles. The minimum absolute atomic E-state index is 0.157. The Morgan fingerprint density at radius 3 is 2.30 bits per heavy atom. The molecule has 0 spiro atoms. The first-order valence-electron chi connectivity index (χ1n) is 5.63. The minimum Gasteiger partial charge on any atom is -0.478 e. The lowest BCUT2D eigenvalue weighted by Gasteiger charge is -2.07. The number of carboxylic acids is 1. The van der Waals surface area contributed by atoms with Gasteiger partial charge in [-0.2, -0.15) is 0 Å². The number of halogens is 2. The topological polar surface area (TPSA) is 54.4 Å². The van der Waals surface area contributed by atoms with Crippen molar-refractivity contribution in [3.05, 3.63) is 63.6 Å². The number of hydrogen-bond donors (Lipinski definition) is 1. The number of hydrogen-bond acceptors (Lipinski definition) is 2. The first kappa shape index (κ1) is 15.0. The highest BCUT2D eigenvalue weighted by atomic mass is 35.5. The summed E-state index contributed by atoms with van der Waals surface area (Å²) in [5.74, 6) is -0.863. The Labute approximate surface area is 128 Å². The van der Waals surface area contributed by atoms with Crippen molar-refractivity contribution in [1.29, 1.82) is 0 Å². The van der Waals surface area contributed by atoms with E-state index in [4.69, 9.17) is 28.3 Å². The number of carbonyl (C=O) groups is 1. The van der Waals surface area contributed by atoms with Crippen molar-refractivity contribution in [2.24, 2.45) is 0 Å². The maximum atomic E-state index is 12.3. The van der Waals surface area contributed by atoms with Gasteiger partial charge in [0.2, 0.25) is 0 Å². The van der Waals surface area contributed by atoms with E-state index in [-0.39, 0.29) is 11.3 Å². The van der Waals surface area contributed by atoms with Crippen LogP contribution in [-0.4, -0.2) is 15.3 Å². The highest BCUT2D eigenvalue weighted by Gasteiger charge is 2.14. The van der Waals surface area contributed by atoms with Crippen molar-refractivity contribution in [1.82, 2.24) is 0 Å². The Bertz CT molecular complexity index is 666. The largest absolute Gasteiger partial charge is 0.478 e. The van der Waals surface area contributed by atoms with Gasteiger partial charge in [0.15, 0.2) is 0 Å². The molecule has 1 N–H and O–H groups in total. The molecule has 6 heteroatoms. The van der Waals surface area contributed by atoms with Gasteiger partial charge in [-0.25, -0.2) is 4.79 Å². The predicted molar refractivity (Wildman–Crippen MR) is 80.0 cm³/mol. The molecule has 1 atom stereocenters. The molecule has 0 aliphatic heterocycles. The van der Waals surface area contributed by atoms with Crippen LogP contribution in [0.4, 0.5) is 0 Å². The lowest BCUT2D eigenvalue weighted by Crippen LogP contribution is -2.01. The summed E-state index contributed by atoms with van der Waals surface area (Å²) in [7, 11) is -1.44. The van der Waals surface area contributed by atoms with Gasteiger partial charge in [-0.3, -0.25) is 4.21 Å². The lowest BCUT2D eigenvalue weighted by molar-refractivity contribution is 0.0697. The third-order valence-corrected chi connectivity index (χ3v) is 4.96. The molecule has 0 bridgehead atoms. The van der Waals surface area contributed by atoms with E-state index in [1.807, 2.05) is 0 Å². The fraction of sp³-hybridized carbons (Fsp3) is 0.0714. The summed E-state index contributed by atoms with van der Waals surface area (Å²) in [4.78, 5) is 11.3. The maximum Gasteiger partial charge on any atom is 0.335 e. The quantitative estimate of drug-likeness (QED) is 0.922. The molecule has 0 heterocycles. The van der Waals surface area contributed by atoms with E-state index < -0.39 is 16.8 Å². The summed E-state index contributed by atoms with van der Waals surface area (Å²) in [6, 6.07) is 11.2. The van der Waals surface area contributed by atoms with Crippen LogP contribution >= 0.6 is 23.2 Å². The van der Waals surface area contributed by atoms with Crippen LogP contribution in [-0.2, 0) is 16.6 Å². The summed E-state index contributed by atoms with van der Waals surface area (Å²) >= 11 is 12.0. The van der Waals surface area contributed by atoms with Gasteiger partial charge in [-0.1, -0.05) is 41.4 Å². The first-order chi connectivity index (χ1) is 9.49. The summed E-state index contributed by atoms with van der Waals surface area (Å²) in [5, 5.41) is 9.61. The van der Waals surface area contributed by atoms with Crippen LogP contribution < -0.4 is 0 Å². The van der Waals surface area contributed by atoms with Gasteiger partial charge in [0.25, 0.3) is 0 Å². The summed E-state index contributed by atoms with van der Waals surface area (Å²) in [6.07, 6.45) is 0. The second-order valence-corrected chi connectivity index (χ2v) is 6.25. The average molecular weight is 329 g/mol. The zero-order valence-corrected chi connectivity index (χ0v) is 12.5. The molecule has 0 aliphatic carbocycles. The molecule has 2 aromatic rings. The molecule has 20 heavy (non-hydrogen) atoms. The van der Waals surface area contributed by atoms with Crippen LogP contribution in [0.25, 0.3) is 0 Å². The zero-order chi connectivity index (χ0) is 14.7. The molecule has 0 saturated carbocycles. The SMILES string of the molecule is O=C(O)c1cccc(CS(=O)c2c(Cl)cccc2Cl)c1. The molecular formula is C14H10Cl2O3S. The number of aromatic carboxylic acids is 1. The van der Waals surface area contributed by atoms with Crippen LogP contribution in [0.1, 0.15) is 15.9 Å². The molecule has 0 fully saturated rings. The van der Waals surface area contributed by atoms with Crippen molar-refractivity contribution in [2.45, 2.75) is 10.6 Å². The highest BCUT2D eigenvalue weighted by Crippen LogP contribution is 2.29. The third kappa shape index (κ3) is 3.39. The standard InChI is InChI=1S/C14H10Cl2O3S/c15-11-5-2-6-12(16)13(11)20(19)8-9-3-1-4-10(7-9)14(17)18/h1-7H,8H2,(H,17,18). The first-order valence-corrected chi connectivity index (χ1v) is 7.71. The molecule has 2 rings (SSSR count). The van der Waals surface area contributed by atoms with Crippen molar-refractivity contribution in [2.75, 3.05) is 0 Å². The van der Waals surface area contributed by atoms with E-state index in [1.165, 1.54) is 12.1 Å². The van der Waals surface area contributed by atoms with Crippen molar-refractivity contribution in [3.8, 4) is 0 Å². The van der Waals surface area contributed by atoms with Crippen LogP contribution in [0.5, 0.6) is 0 Å². The van der Waals surface area contributed by atoms with E-state index in [0.29, 0.717) is 20.5 Å². The molecule has 0 amide bonds. The van der Waals surface area contributed by atoms with Crippen LogP contribution in [0.15, 0.2) is 47.4 Å². The fourth-order valence-corrected chi connectivity index (χ4v) is 3.83. The van der Waals surface area contributed by atoms with Crippen LogP contribution in [0.2, 0.25) is 10.0 Å². The van der Waals surface area contributed by atoms with Crippen molar-refractivity contribution < 1.29 is 14.1 Å². The molecule has 1 unspecified atom stereocenters. The molecule has 0 saturated heterocycles. The number of benzene rings is 2. The summed E-state index contributed by atoms with van der Waals surface area (Å²) in [6.45, 7) is 0. The van der Waals surface area contributed by atoms with Gasteiger partial charge < -0.3 is 5.11 Å². The molecule has 104 valence electrons. The Morgan fingerprint density at radius 2 is 1.70 bits per heavy atom. The summed E-state index contributed by atoms with van der Waals surface area (Å²) in [5.41, 5.74) is 0.809. The second kappa shape index (κ2) is 6.39. The minimum atomic E-state index is -1.44. The van der Waals surface area contributed by atoms with Crippen molar-refractivity contribution in [3.63, 3.8) is 0 Å². The molecule has 0 aromatic heterocycles. The monoisotopic (exact) mass is 328 g/mol. The van der Waals surface area contributed by atoms with Gasteiger partial charge in [0.1, 0.15) is 0 Å². The average Bonchev–Trinajstić information content (AvgIpc) is 2.38. The third-order valence-electron chi connectivity index (χ3n) is 2.62. The maximum absolute atomic E-state index is 12.3. The highest BCUT2D eigenvalue weighted by molar-refractivity contribution is 7.84.